The van der Waals surface area contributed by atoms with Crippen LogP contribution in [0.4, 0.5) is 0 Å². The van der Waals surface area contributed by atoms with E-state index in [-0.39, 0.29) is 0 Å². The molecule has 0 saturated carbocycles. The number of ether oxygens (including phenoxy) is 1. The number of rotatable bonds is 6. The predicted molar refractivity (Wildman–Crippen MR) is 84.1 cm³/mol. The van der Waals surface area contributed by atoms with Gasteiger partial charge in [0, 0.05) is 24.2 Å². The summed E-state index contributed by atoms with van der Waals surface area (Å²) in [5.74, 6) is 0.832. The van der Waals surface area contributed by atoms with E-state index in [2.05, 4.69) is 18.1 Å². The zero-order valence-corrected chi connectivity index (χ0v) is 12.6. The van der Waals surface area contributed by atoms with Gasteiger partial charge in [-0.15, -0.1) is 0 Å². The standard InChI is InChI=1S/C15H19N3OS/c1-11-10-12(2)18(17-11)8-3-9-19-14-6-4-13(5-7-14)15(16)20/h4-7,10H,3,8-9H2,1-2H3,(H2,16,20). The van der Waals surface area contributed by atoms with E-state index in [0.29, 0.717) is 11.6 Å². The first-order valence-corrected chi connectivity index (χ1v) is 7.01. The van der Waals surface area contributed by atoms with E-state index < -0.39 is 0 Å². The molecule has 0 bridgehead atoms. The number of benzene rings is 1. The minimum Gasteiger partial charge on any atom is -0.494 e. The summed E-state index contributed by atoms with van der Waals surface area (Å²) < 4.78 is 7.69. The molecule has 0 aliphatic heterocycles. The van der Waals surface area contributed by atoms with Crippen molar-refractivity contribution in [1.29, 1.82) is 0 Å². The second-order valence-electron chi connectivity index (χ2n) is 4.74. The van der Waals surface area contributed by atoms with Gasteiger partial charge in [-0.05, 0) is 44.2 Å². The number of aromatic nitrogens is 2. The molecule has 5 heteroatoms. The molecule has 0 atom stereocenters. The van der Waals surface area contributed by atoms with Gasteiger partial charge in [0.05, 0.1) is 12.3 Å². The van der Waals surface area contributed by atoms with Gasteiger partial charge >= 0.3 is 0 Å². The van der Waals surface area contributed by atoms with Crippen molar-refractivity contribution in [3.8, 4) is 5.75 Å². The Kier molecular flexibility index (Phi) is 4.74. The summed E-state index contributed by atoms with van der Waals surface area (Å²) in [6.45, 7) is 5.59. The van der Waals surface area contributed by atoms with Gasteiger partial charge in [-0.2, -0.15) is 5.10 Å². The number of nitrogens with two attached hydrogens (primary N) is 1. The van der Waals surface area contributed by atoms with Crippen molar-refractivity contribution < 1.29 is 4.74 Å². The molecule has 4 nitrogen and oxygen atoms in total. The molecule has 1 aromatic heterocycles. The van der Waals surface area contributed by atoms with Crippen LogP contribution in [-0.2, 0) is 6.54 Å². The number of thiocarbonyl (C=S) groups is 1. The SMILES string of the molecule is Cc1cc(C)n(CCCOc2ccc(C(N)=S)cc2)n1. The number of nitrogens with zero attached hydrogens (tertiary/aromatic N) is 2. The summed E-state index contributed by atoms with van der Waals surface area (Å²) >= 11 is 4.91. The van der Waals surface area contributed by atoms with Gasteiger partial charge in [0.25, 0.3) is 0 Å². The van der Waals surface area contributed by atoms with Crippen LogP contribution in [0, 0.1) is 13.8 Å². The monoisotopic (exact) mass is 289 g/mol. The largest absolute Gasteiger partial charge is 0.494 e. The number of aryl methyl sites for hydroxylation is 3. The van der Waals surface area contributed by atoms with Crippen molar-refractivity contribution in [3.63, 3.8) is 0 Å². The zero-order valence-electron chi connectivity index (χ0n) is 11.8. The third-order valence-electron chi connectivity index (χ3n) is 3.03. The number of hydrogen-bond donors (Lipinski definition) is 1. The maximum Gasteiger partial charge on any atom is 0.119 e. The van der Waals surface area contributed by atoms with Crippen LogP contribution < -0.4 is 10.5 Å². The highest BCUT2D eigenvalue weighted by Gasteiger charge is 2.01. The topological polar surface area (TPSA) is 53.1 Å². The smallest absolute Gasteiger partial charge is 0.119 e. The van der Waals surface area contributed by atoms with Crippen molar-refractivity contribution in [2.24, 2.45) is 5.73 Å². The Balaban J connectivity index is 1.78. The molecule has 1 aromatic carbocycles. The van der Waals surface area contributed by atoms with Gasteiger partial charge in [0.1, 0.15) is 10.7 Å². The van der Waals surface area contributed by atoms with Crippen molar-refractivity contribution in [1.82, 2.24) is 9.78 Å². The Hall–Kier alpha value is -1.88. The summed E-state index contributed by atoms with van der Waals surface area (Å²) in [5.41, 5.74) is 8.64. The summed E-state index contributed by atoms with van der Waals surface area (Å²) in [5, 5.41) is 4.42. The predicted octanol–water partition coefficient (Wildman–Crippen LogP) is 2.60. The maximum atomic E-state index is 5.68. The molecule has 2 rings (SSSR count). The third-order valence-corrected chi connectivity index (χ3v) is 3.26. The Morgan fingerprint density at radius 3 is 2.55 bits per heavy atom. The van der Waals surface area contributed by atoms with E-state index in [1.807, 2.05) is 35.9 Å². The van der Waals surface area contributed by atoms with Gasteiger partial charge in [0.2, 0.25) is 0 Å². The molecule has 1 heterocycles. The van der Waals surface area contributed by atoms with Crippen molar-refractivity contribution in [2.75, 3.05) is 6.61 Å². The van der Waals surface area contributed by atoms with Crippen LogP contribution in [0.1, 0.15) is 23.4 Å². The van der Waals surface area contributed by atoms with E-state index in [0.717, 1.165) is 30.0 Å². The molecule has 0 fully saturated rings. The Labute approximate surface area is 124 Å². The van der Waals surface area contributed by atoms with Crippen LogP contribution in [0.25, 0.3) is 0 Å². The van der Waals surface area contributed by atoms with Gasteiger partial charge in [-0.1, -0.05) is 12.2 Å². The van der Waals surface area contributed by atoms with Crippen LogP contribution in [0.15, 0.2) is 30.3 Å². The molecule has 2 N–H and O–H groups in total. The second-order valence-corrected chi connectivity index (χ2v) is 5.18. The highest BCUT2D eigenvalue weighted by molar-refractivity contribution is 7.80. The lowest BCUT2D eigenvalue weighted by Crippen LogP contribution is -2.09. The Morgan fingerprint density at radius 2 is 2.00 bits per heavy atom. The third kappa shape index (κ3) is 3.81. The lowest BCUT2D eigenvalue weighted by Gasteiger charge is -2.08. The normalized spacial score (nSPS) is 10.5. The lowest BCUT2D eigenvalue weighted by atomic mass is 10.2. The first kappa shape index (κ1) is 14.5. The molecular formula is C15H19N3OS. The maximum absolute atomic E-state index is 5.68. The molecule has 0 spiro atoms. The molecule has 0 amide bonds. The fourth-order valence-corrected chi connectivity index (χ4v) is 2.16. The van der Waals surface area contributed by atoms with Crippen LogP contribution >= 0.6 is 12.2 Å². The minimum absolute atomic E-state index is 0.404. The molecule has 0 aliphatic carbocycles. The van der Waals surface area contributed by atoms with Crippen molar-refractivity contribution in [2.45, 2.75) is 26.8 Å². The van der Waals surface area contributed by atoms with Crippen molar-refractivity contribution in [3.05, 3.63) is 47.3 Å². The molecule has 0 aliphatic rings. The average molecular weight is 289 g/mol. The summed E-state index contributed by atoms with van der Waals surface area (Å²) in [7, 11) is 0. The molecule has 0 unspecified atom stereocenters. The quantitative estimate of drug-likeness (QED) is 0.656. The summed E-state index contributed by atoms with van der Waals surface area (Å²) in [6.07, 6.45) is 0.916. The lowest BCUT2D eigenvalue weighted by molar-refractivity contribution is 0.298. The van der Waals surface area contributed by atoms with Crippen LogP contribution in [0.5, 0.6) is 5.75 Å². The van der Waals surface area contributed by atoms with E-state index in [9.17, 15) is 0 Å². The second kappa shape index (κ2) is 6.52. The summed E-state index contributed by atoms with van der Waals surface area (Å²) in [6, 6.07) is 9.60. The highest BCUT2D eigenvalue weighted by atomic mass is 32.1. The zero-order chi connectivity index (χ0) is 14.5. The number of hydrogen-bond acceptors (Lipinski definition) is 3. The van der Waals surface area contributed by atoms with Crippen LogP contribution in [0.2, 0.25) is 0 Å². The molecular weight excluding hydrogens is 270 g/mol. The van der Waals surface area contributed by atoms with E-state index >= 15 is 0 Å². The van der Waals surface area contributed by atoms with Gasteiger partial charge < -0.3 is 10.5 Å². The Morgan fingerprint density at radius 1 is 1.30 bits per heavy atom. The fourth-order valence-electron chi connectivity index (χ4n) is 2.02. The summed E-state index contributed by atoms with van der Waals surface area (Å²) in [4.78, 5) is 0.404. The van der Waals surface area contributed by atoms with Gasteiger partial charge in [0.15, 0.2) is 0 Å². The van der Waals surface area contributed by atoms with E-state index in [1.54, 1.807) is 0 Å². The molecule has 106 valence electrons. The van der Waals surface area contributed by atoms with E-state index in [4.69, 9.17) is 22.7 Å². The average Bonchev–Trinajstić information content (AvgIpc) is 2.73. The first-order valence-electron chi connectivity index (χ1n) is 6.60. The van der Waals surface area contributed by atoms with E-state index in [1.165, 1.54) is 5.69 Å². The van der Waals surface area contributed by atoms with Crippen LogP contribution in [0.3, 0.4) is 0 Å². The minimum atomic E-state index is 0.404. The molecule has 0 radical (unpaired) electrons. The van der Waals surface area contributed by atoms with Gasteiger partial charge in [-0.25, -0.2) is 0 Å². The highest BCUT2D eigenvalue weighted by Crippen LogP contribution is 2.12. The fraction of sp³-hybridized carbons (Fsp3) is 0.333. The molecule has 20 heavy (non-hydrogen) atoms. The molecule has 2 aromatic rings. The Bertz CT molecular complexity index is 590. The van der Waals surface area contributed by atoms with Crippen molar-refractivity contribution >= 4 is 17.2 Å². The first-order chi connectivity index (χ1) is 9.56. The van der Waals surface area contributed by atoms with Crippen LogP contribution in [-0.4, -0.2) is 21.4 Å². The molecule has 0 saturated heterocycles. The van der Waals surface area contributed by atoms with Gasteiger partial charge in [-0.3, -0.25) is 4.68 Å².